The number of carbonyl (C=O) groups is 1. The largest absolute Gasteiger partial charge is 0.448 e. The van der Waals surface area contributed by atoms with Crippen LogP contribution in [0.2, 0.25) is 0 Å². The summed E-state index contributed by atoms with van der Waals surface area (Å²) in [7, 11) is 0. The van der Waals surface area contributed by atoms with Crippen LogP contribution in [-0.4, -0.2) is 11.0 Å². The third-order valence-corrected chi connectivity index (χ3v) is 3.84. The van der Waals surface area contributed by atoms with Crippen molar-refractivity contribution in [3.05, 3.63) is 92.8 Å². The number of cyclic esters (lactones) is 1. The Kier molecular flexibility index (Phi) is 3.79. The van der Waals surface area contributed by atoms with E-state index in [-0.39, 0.29) is 11.3 Å². The van der Waals surface area contributed by atoms with Crippen molar-refractivity contribution < 1.29 is 13.9 Å². The molecule has 0 saturated heterocycles. The van der Waals surface area contributed by atoms with E-state index in [0.29, 0.717) is 22.8 Å². The molecule has 26 heavy (non-hydrogen) atoms. The lowest BCUT2D eigenvalue weighted by Gasteiger charge is -1.98. The fourth-order valence-corrected chi connectivity index (χ4v) is 2.68. The number of esters is 1. The van der Waals surface area contributed by atoms with Crippen LogP contribution in [0.3, 0.4) is 0 Å². The van der Waals surface area contributed by atoms with Gasteiger partial charge in [0.25, 0.3) is 5.56 Å². The number of carbonyl (C=O) groups excluding carboxylic acids is 1. The normalized spacial score (nSPS) is 13.9. The van der Waals surface area contributed by atoms with E-state index in [4.69, 9.17) is 9.15 Å². The van der Waals surface area contributed by atoms with Gasteiger partial charge in [0, 0.05) is 22.9 Å². The van der Waals surface area contributed by atoms with E-state index in [0.717, 1.165) is 5.56 Å². The summed E-state index contributed by atoms with van der Waals surface area (Å²) in [6, 6.07) is 14.7. The molecule has 0 fully saturated rings. The standard InChI is InChI=1S/C21H13NO4/c1-13-11-17-18(26-21(24)19(17)20(23)22-13)12-16-10-9-15(25-16)8-7-14-5-3-2-4-6-14/h2-6,9-12H,1H3,(H,22,23)/b18-12-. The van der Waals surface area contributed by atoms with E-state index in [2.05, 4.69) is 16.8 Å². The second kappa shape index (κ2) is 6.26. The second-order valence-corrected chi connectivity index (χ2v) is 5.79. The van der Waals surface area contributed by atoms with Gasteiger partial charge in [-0.15, -0.1) is 0 Å². The number of rotatable bonds is 1. The van der Waals surface area contributed by atoms with Gasteiger partial charge in [-0.25, -0.2) is 4.79 Å². The SMILES string of the molecule is Cc1cc2c(c(=O)[nH]1)C(=O)O/C2=C\c1ccc(C#Cc2ccccc2)o1. The van der Waals surface area contributed by atoms with Gasteiger partial charge in [-0.3, -0.25) is 4.79 Å². The van der Waals surface area contributed by atoms with Crippen LogP contribution >= 0.6 is 0 Å². The van der Waals surface area contributed by atoms with Gasteiger partial charge >= 0.3 is 5.97 Å². The van der Waals surface area contributed by atoms with Gasteiger partial charge in [-0.1, -0.05) is 24.1 Å². The van der Waals surface area contributed by atoms with Crippen molar-refractivity contribution in [2.45, 2.75) is 6.92 Å². The lowest BCUT2D eigenvalue weighted by Crippen LogP contribution is -2.16. The number of hydrogen-bond acceptors (Lipinski definition) is 4. The molecule has 126 valence electrons. The Morgan fingerprint density at radius 1 is 1.04 bits per heavy atom. The predicted molar refractivity (Wildman–Crippen MR) is 96.2 cm³/mol. The van der Waals surface area contributed by atoms with E-state index in [1.165, 1.54) is 0 Å². The zero-order valence-corrected chi connectivity index (χ0v) is 13.8. The van der Waals surface area contributed by atoms with Crippen LogP contribution in [0.5, 0.6) is 0 Å². The maximum absolute atomic E-state index is 11.9. The number of pyridine rings is 1. The van der Waals surface area contributed by atoms with E-state index >= 15 is 0 Å². The van der Waals surface area contributed by atoms with Gasteiger partial charge in [0.1, 0.15) is 17.1 Å². The summed E-state index contributed by atoms with van der Waals surface area (Å²) >= 11 is 0. The highest BCUT2D eigenvalue weighted by atomic mass is 16.5. The van der Waals surface area contributed by atoms with Crippen molar-refractivity contribution in [3.63, 3.8) is 0 Å². The monoisotopic (exact) mass is 343 g/mol. The van der Waals surface area contributed by atoms with Crippen LogP contribution in [0.25, 0.3) is 11.8 Å². The van der Waals surface area contributed by atoms with Gasteiger partial charge in [0.15, 0.2) is 5.76 Å². The van der Waals surface area contributed by atoms with Crippen molar-refractivity contribution in [2.24, 2.45) is 0 Å². The summed E-state index contributed by atoms with van der Waals surface area (Å²) in [5.41, 5.74) is 1.55. The quantitative estimate of drug-likeness (QED) is 0.543. The molecule has 0 unspecified atom stereocenters. The Morgan fingerprint density at radius 3 is 2.65 bits per heavy atom. The molecule has 1 aliphatic heterocycles. The number of hydrogen-bond donors (Lipinski definition) is 1. The van der Waals surface area contributed by atoms with Crippen molar-refractivity contribution >= 4 is 17.8 Å². The number of furan rings is 1. The number of benzene rings is 1. The molecule has 1 aromatic carbocycles. The topological polar surface area (TPSA) is 72.3 Å². The fourth-order valence-electron chi connectivity index (χ4n) is 2.68. The third kappa shape index (κ3) is 2.96. The molecule has 0 atom stereocenters. The van der Waals surface area contributed by atoms with Gasteiger partial charge < -0.3 is 14.1 Å². The number of aromatic amines is 1. The highest BCUT2D eigenvalue weighted by Crippen LogP contribution is 2.29. The molecule has 0 aliphatic carbocycles. The summed E-state index contributed by atoms with van der Waals surface area (Å²) in [5.74, 6) is 6.55. The first-order valence-corrected chi connectivity index (χ1v) is 7.95. The van der Waals surface area contributed by atoms with Crippen LogP contribution in [0.15, 0.2) is 57.7 Å². The van der Waals surface area contributed by atoms with E-state index in [1.807, 2.05) is 30.3 Å². The number of aryl methyl sites for hydroxylation is 1. The minimum absolute atomic E-state index is 0.0116. The zero-order chi connectivity index (χ0) is 18.1. The number of H-pyrrole nitrogens is 1. The lowest BCUT2D eigenvalue weighted by molar-refractivity contribution is 0.0715. The van der Waals surface area contributed by atoms with Crippen LogP contribution in [0, 0.1) is 18.8 Å². The lowest BCUT2D eigenvalue weighted by atomic mass is 10.1. The zero-order valence-electron chi connectivity index (χ0n) is 13.8. The van der Waals surface area contributed by atoms with Crippen LogP contribution in [0.4, 0.5) is 0 Å². The minimum atomic E-state index is -0.664. The van der Waals surface area contributed by atoms with Crippen molar-refractivity contribution in [3.8, 4) is 11.8 Å². The Labute approximate surface area is 148 Å². The van der Waals surface area contributed by atoms with Crippen molar-refractivity contribution in [1.82, 2.24) is 4.98 Å². The fraction of sp³-hybridized carbons (Fsp3) is 0.0476. The van der Waals surface area contributed by atoms with Crippen molar-refractivity contribution in [1.29, 1.82) is 0 Å². The molecular formula is C21H13NO4. The molecule has 5 nitrogen and oxygen atoms in total. The molecule has 4 rings (SSSR count). The van der Waals surface area contributed by atoms with Gasteiger partial charge in [-0.05, 0) is 43.2 Å². The molecule has 3 aromatic rings. The highest BCUT2D eigenvalue weighted by Gasteiger charge is 2.30. The number of nitrogens with one attached hydrogen (secondary N) is 1. The number of aromatic nitrogens is 1. The molecule has 2 aromatic heterocycles. The Bertz CT molecular complexity index is 1150. The van der Waals surface area contributed by atoms with E-state index in [1.54, 1.807) is 31.2 Å². The van der Waals surface area contributed by atoms with Crippen LogP contribution < -0.4 is 5.56 Å². The summed E-state index contributed by atoms with van der Waals surface area (Å²) in [4.78, 5) is 26.5. The van der Waals surface area contributed by atoms with E-state index in [9.17, 15) is 9.59 Å². The Morgan fingerprint density at radius 2 is 1.85 bits per heavy atom. The highest BCUT2D eigenvalue weighted by molar-refractivity contribution is 6.05. The third-order valence-electron chi connectivity index (χ3n) is 3.84. The maximum Gasteiger partial charge on any atom is 0.349 e. The first-order chi connectivity index (χ1) is 12.6. The second-order valence-electron chi connectivity index (χ2n) is 5.79. The van der Waals surface area contributed by atoms with Crippen LogP contribution in [0.1, 0.15) is 38.7 Å². The molecule has 3 heterocycles. The molecule has 1 N–H and O–H groups in total. The average Bonchev–Trinajstić information content (AvgIpc) is 3.19. The Balaban J connectivity index is 1.66. The molecule has 0 amide bonds. The smallest absolute Gasteiger partial charge is 0.349 e. The molecule has 0 saturated carbocycles. The predicted octanol–water partition coefficient (Wildman–Crippen LogP) is 3.34. The molecule has 0 spiro atoms. The molecule has 1 aliphatic rings. The van der Waals surface area contributed by atoms with E-state index < -0.39 is 11.5 Å². The van der Waals surface area contributed by atoms with Gasteiger partial charge in [0.2, 0.25) is 0 Å². The first-order valence-electron chi connectivity index (χ1n) is 7.95. The van der Waals surface area contributed by atoms with Crippen molar-refractivity contribution in [2.75, 3.05) is 0 Å². The Hall–Kier alpha value is -3.78. The molecule has 5 heteroatoms. The van der Waals surface area contributed by atoms with Gasteiger partial charge in [-0.2, -0.15) is 0 Å². The van der Waals surface area contributed by atoms with Gasteiger partial charge in [0.05, 0.1) is 0 Å². The summed E-state index contributed by atoms with van der Waals surface area (Å²) in [6.07, 6.45) is 1.58. The molecular weight excluding hydrogens is 330 g/mol. The minimum Gasteiger partial charge on any atom is -0.448 e. The molecule has 0 radical (unpaired) electrons. The first kappa shape index (κ1) is 15.7. The summed E-state index contributed by atoms with van der Waals surface area (Å²) < 4.78 is 10.9. The summed E-state index contributed by atoms with van der Waals surface area (Å²) in [5, 5.41) is 0. The summed E-state index contributed by atoms with van der Waals surface area (Å²) in [6.45, 7) is 1.74. The molecule has 0 bridgehead atoms. The number of ether oxygens (including phenoxy) is 1. The number of fused-ring (bicyclic) bond motifs is 1. The van der Waals surface area contributed by atoms with Crippen LogP contribution in [-0.2, 0) is 4.74 Å². The average molecular weight is 343 g/mol. The maximum atomic E-state index is 11.9.